The van der Waals surface area contributed by atoms with Crippen molar-refractivity contribution in [3.63, 3.8) is 0 Å². The standard InChI is InChI=1S/C35H28N6/c1-24-22-37-34-31-21-28(17-18-29(31)30-14-6-7-15-32(30)40(24)34)41(25-10-4-3-5-11-25)27-13-8-12-26(20-27)39-23-38(2)35-33(39)16-9-19-36-35/h3-22H,23H2,1-2H3. The van der Waals surface area contributed by atoms with E-state index in [9.17, 15) is 0 Å². The van der Waals surface area contributed by atoms with E-state index < -0.39 is 0 Å². The molecular weight excluding hydrogens is 504 g/mol. The second-order valence-electron chi connectivity index (χ2n) is 10.6. The molecule has 8 rings (SSSR count). The van der Waals surface area contributed by atoms with Crippen LogP contribution in [-0.4, -0.2) is 28.1 Å². The first-order chi connectivity index (χ1) is 20.2. The second-order valence-corrected chi connectivity index (χ2v) is 10.6. The highest BCUT2D eigenvalue weighted by Gasteiger charge is 2.26. The van der Waals surface area contributed by atoms with Gasteiger partial charge in [-0.25, -0.2) is 9.97 Å². The van der Waals surface area contributed by atoms with Crippen molar-refractivity contribution in [2.24, 2.45) is 0 Å². The van der Waals surface area contributed by atoms with Crippen molar-refractivity contribution < 1.29 is 0 Å². The van der Waals surface area contributed by atoms with Gasteiger partial charge in [-0.2, -0.15) is 0 Å². The molecule has 0 unspecified atom stereocenters. The van der Waals surface area contributed by atoms with Gasteiger partial charge < -0.3 is 14.7 Å². The predicted octanol–water partition coefficient (Wildman–Crippen LogP) is 8.36. The zero-order valence-electron chi connectivity index (χ0n) is 22.9. The highest BCUT2D eigenvalue weighted by Crippen LogP contribution is 2.42. The van der Waals surface area contributed by atoms with Gasteiger partial charge in [0.2, 0.25) is 0 Å². The van der Waals surface area contributed by atoms with Crippen molar-refractivity contribution >= 4 is 61.6 Å². The maximum atomic E-state index is 4.86. The molecule has 0 N–H and O–H groups in total. The van der Waals surface area contributed by atoms with E-state index in [1.165, 1.54) is 16.3 Å². The Balaban J connectivity index is 1.33. The van der Waals surface area contributed by atoms with Crippen LogP contribution in [0.3, 0.4) is 0 Å². The Morgan fingerprint density at radius 2 is 1.49 bits per heavy atom. The van der Waals surface area contributed by atoms with Crippen molar-refractivity contribution in [3.05, 3.63) is 127 Å². The van der Waals surface area contributed by atoms with E-state index in [1.807, 2.05) is 18.5 Å². The molecule has 6 nitrogen and oxygen atoms in total. The average molecular weight is 533 g/mol. The fourth-order valence-corrected chi connectivity index (χ4v) is 6.21. The summed E-state index contributed by atoms with van der Waals surface area (Å²) in [7, 11) is 2.09. The summed E-state index contributed by atoms with van der Waals surface area (Å²) in [5.74, 6) is 0.999. The summed E-state index contributed by atoms with van der Waals surface area (Å²) in [5.41, 5.74) is 8.79. The van der Waals surface area contributed by atoms with Crippen molar-refractivity contribution in [3.8, 4) is 0 Å². The molecule has 0 spiro atoms. The zero-order chi connectivity index (χ0) is 27.5. The van der Waals surface area contributed by atoms with E-state index >= 15 is 0 Å². The van der Waals surface area contributed by atoms with Crippen LogP contribution in [0.4, 0.5) is 34.3 Å². The molecule has 4 heterocycles. The summed E-state index contributed by atoms with van der Waals surface area (Å²) >= 11 is 0. The molecule has 0 fully saturated rings. The Hall–Kier alpha value is -5.36. The first-order valence-corrected chi connectivity index (χ1v) is 13.8. The number of fused-ring (bicyclic) bond motifs is 7. The van der Waals surface area contributed by atoms with Crippen LogP contribution in [0.5, 0.6) is 0 Å². The fraction of sp³-hybridized carbons (Fsp3) is 0.0857. The number of aromatic nitrogens is 3. The minimum Gasteiger partial charge on any atom is -0.340 e. The number of anilines is 6. The van der Waals surface area contributed by atoms with E-state index in [0.717, 1.165) is 57.7 Å². The van der Waals surface area contributed by atoms with Gasteiger partial charge in [-0.05, 0) is 73.0 Å². The smallest absolute Gasteiger partial charge is 0.153 e. The largest absolute Gasteiger partial charge is 0.340 e. The summed E-state index contributed by atoms with van der Waals surface area (Å²) in [6, 6.07) is 38.8. The summed E-state index contributed by atoms with van der Waals surface area (Å²) in [4.78, 5) is 16.3. The number of rotatable bonds is 4. The van der Waals surface area contributed by atoms with Gasteiger partial charge in [0.25, 0.3) is 0 Å². The normalized spacial score (nSPS) is 12.9. The number of aryl methyl sites for hydroxylation is 1. The van der Waals surface area contributed by atoms with Crippen LogP contribution < -0.4 is 14.7 Å². The lowest BCUT2D eigenvalue weighted by Gasteiger charge is -2.28. The zero-order valence-corrected chi connectivity index (χ0v) is 22.9. The van der Waals surface area contributed by atoms with E-state index in [2.05, 4.69) is 141 Å². The van der Waals surface area contributed by atoms with Crippen molar-refractivity contribution in [1.29, 1.82) is 0 Å². The maximum absolute atomic E-state index is 4.86. The molecule has 0 atom stereocenters. The van der Waals surface area contributed by atoms with Gasteiger partial charge in [-0.1, -0.05) is 48.5 Å². The summed E-state index contributed by atoms with van der Waals surface area (Å²) in [6.45, 7) is 2.87. The second kappa shape index (κ2) is 9.10. The number of hydrogen-bond acceptors (Lipinski definition) is 5. The quantitative estimate of drug-likeness (QED) is 0.213. The molecule has 0 saturated heterocycles. The van der Waals surface area contributed by atoms with Crippen molar-refractivity contribution in [1.82, 2.24) is 14.4 Å². The lowest BCUT2D eigenvalue weighted by molar-refractivity contribution is 0.938. The minimum absolute atomic E-state index is 0.751. The van der Waals surface area contributed by atoms with Crippen LogP contribution in [0.15, 0.2) is 122 Å². The molecule has 0 bridgehead atoms. The monoisotopic (exact) mass is 532 g/mol. The third kappa shape index (κ3) is 3.64. The molecule has 7 aromatic rings. The van der Waals surface area contributed by atoms with Crippen LogP contribution in [-0.2, 0) is 0 Å². The summed E-state index contributed by atoms with van der Waals surface area (Å²) < 4.78 is 2.27. The molecule has 1 aliphatic heterocycles. The lowest BCUT2D eigenvalue weighted by atomic mass is 10.0. The van der Waals surface area contributed by atoms with Gasteiger partial charge in [0.05, 0.1) is 17.9 Å². The van der Waals surface area contributed by atoms with Crippen LogP contribution in [0.1, 0.15) is 5.69 Å². The Labute approximate surface area is 238 Å². The number of pyridine rings is 2. The number of imidazole rings is 1. The van der Waals surface area contributed by atoms with Crippen LogP contribution in [0.2, 0.25) is 0 Å². The summed E-state index contributed by atoms with van der Waals surface area (Å²) in [5, 5.41) is 3.56. The van der Waals surface area contributed by atoms with Gasteiger partial charge in [0, 0.05) is 58.7 Å². The van der Waals surface area contributed by atoms with Gasteiger partial charge in [0.1, 0.15) is 5.65 Å². The molecule has 4 aromatic carbocycles. The first kappa shape index (κ1) is 23.5. The number of hydrogen-bond donors (Lipinski definition) is 0. The van der Waals surface area contributed by atoms with Crippen molar-refractivity contribution in [2.75, 3.05) is 28.4 Å². The Morgan fingerprint density at radius 1 is 0.683 bits per heavy atom. The lowest BCUT2D eigenvalue weighted by Crippen LogP contribution is -2.24. The molecular formula is C35H28N6. The highest BCUT2D eigenvalue weighted by molar-refractivity contribution is 6.13. The van der Waals surface area contributed by atoms with Crippen LogP contribution >= 0.6 is 0 Å². The maximum Gasteiger partial charge on any atom is 0.153 e. The molecule has 41 heavy (non-hydrogen) atoms. The number of nitrogens with zero attached hydrogens (tertiary/aromatic N) is 6. The Bertz CT molecular complexity index is 2080. The topological polar surface area (TPSA) is 39.9 Å². The molecule has 3 aromatic heterocycles. The average Bonchev–Trinajstić information content (AvgIpc) is 3.58. The summed E-state index contributed by atoms with van der Waals surface area (Å²) in [6.07, 6.45) is 3.82. The predicted molar refractivity (Wildman–Crippen MR) is 169 cm³/mol. The number of benzene rings is 4. The third-order valence-electron chi connectivity index (χ3n) is 8.06. The molecule has 0 aliphatic carbocycles. The van der Waals surface area contributed by atoms with E-state index in [4.69, 9.17) is 4.98 Å². The molecule has 0 saturated carbocycles. The van der Waals surface area contributed by atoms with E-state index in [0.29, 0.717) is 0 Å². The van der Waals surface area contributed by atoms with Gasteiger partial charge in [0.15, 0.2) is 5.82 Å². The van der Waals surface area contributed by atoms with E-state index in [1.54, 1.807) is 0 Å². The highest BCUT2D eigenvalue weighted by atomic mass is 15.4. The van der Waals surface area contributed by atoms with Crippen LogP contribution in [0, 0.1) is 6.92 Å². The van der Waals surface area contributed by atoms with Gasteiger partial charge in [-0.15, -0.1) is 0 Å². The molecule has 1 aliphatic rings. The van der Waals surface area contributed by atoms with Gasteiger partial charge in [-0.3, -0.25) is 4.40 Å². The third-order valence-corrected chi connectivity index (χ3v) is 8.06. The van der Waals surface area contributed by atoms with Crippen LogP contribution in [0.25, 0.3) is 27.3 Å². The minimum atomic E-state index is 0.751. The number of para-hydroxylation sites is 2. The Kier molecular flexibility index (Phi) is 5.22. The first-order valence-electron chi connectivity index (χ1n) is 13.8. The molecule has 6 heteroatoms. The SMILES string of the molecule is Cc1cnc2c3cc(N(c4ccccc4)c4cccc(N5CN(C)c6ncccc65)c4)ccc3c3ccccc3n12. The van der Waals surface area contributed by atoms with Crippen molar-refractivity contribution in [2.45, 2.75) is 6.92 Å². The molecule has 198 valence electrons. The molecule has 0 amide bonds. The van der Waals surface area contributed by atoms with E-state index in [-0.39, 0.29) is 0 Å². The fourth-order valence-electron chi connectivity index (χ4n) is 6.21. The van der Waals surface area contributed by atoms with Gasteiger partial charge >= 0.3 is 0 Å². The molecule has 0 radical (unpaired) electrons. The Morgan fingerprint density at radius 3 is 2.39 bits per heavy atom.